The topological polar surface area (TPSA) is 28.2 Å². The lowest BCUT2D eigenvalue weighted by molar-refractivity contribution is 0.477. The largest absolute Gasteiger partial charge is 0.370 e. The van der Waals surface area contributed by atoms with E-state index >= 15 is 0 Å². The number of hydrogen-bond donors (Lipinski definition) is 1. The number of anilines is 1. The van der Waals surface area contributed by atoms with Crippen LogP contribution in [0.3, 0.4) is 0 Å². The van der Waals surface area contributed by atoms with Crippen molar-refractivity contribution in [1.29, 1.82) is 0 Å². The third kappa shape index (κ3) is 3.67. The second-order valence-electron chi connectivity index (χ2n) is 5.51. The van der Waals surface area contributed by atoms with Crippen molar-refractivity contribution in [2.75, 3.05) is 31.1 Å². The van der Waals surface area contributed by atoms with Gasteiger partial charge in [-0.15, -0.1) is 0 Å². The Bertz CT molecular complexity index is 381. The minimum absolute atomic E-state index is 0.256. The Kier molecular flexibility index (Phi) is 4.53. The molecule has 0 aliphatic carbocycles. The summed E-state index contributed by atoms with van der Waals surface area (Å²) in [6, 6.07) is 1.57. The minimum Gasteiger partial charge on any atom is -0.370 e. The first kappa shape index (κ1) is 13.3. The summed E-state index contributed by atoms with van der Waals surface area (Å²) in [4.78, 5) is 6.13. The highest BCUT2D eigenvalue weighted by atomic mass is 19.1. The molecule has 3 nitrogen and oxygen atoms in total. The SMILES string of the molecule is CC(C)CNCC1CCN(c2cncc(F)c2)C1. The van der Waals surface area contributed by atoms with Gasteiger partial charge in [-0.3, -0.25) is 4.98 Å². The Morgan fingerprint density at radius 3 is 3.06 bits per heavy atom. The van der Waals surface area contributed by atoms with Crippen molar-refractivity contribution in [2.45, 2.75) is 20.3 Å². The van der Waals surface area contributed by atoms with Crippen molar-refractivity contribution in [3.8, 4) is 0 Å². The second kappa shape index (κ2) is 6.14. The zero-order chi connectivity index (χ0) is 13.0. The molecule has 1 atom stereocenters. The Hall–Kier alpha value is -1.16. The lowest BCUT2D eigenvalue weighted by Gasteiger charge is -2.18. The highest BCUT2D eigenvalue weighted by molar-refractivity contribution is 5.45. The van der Waals surface area contributed by atoms with Gasteiger partial charge in [-0.05, 0) is 31.3 Å². The maximum absolute atomic E-state index is 13.1. The van der Waals surface area contributed by atoms with E-state index in [9.17, 15) is 4.39 Å². The van der Waals surface area contributed by atoms with Gasteiger partial charge in [0.25, 0.3) is 0 Å². The van der Waals surface area contributed by atoms with E-state index in [1.165, 1.54) is 12.6 Å². The predicted octanol–water partition coefficient (Wildman–Crippen LogP) is 2.29. The molecule has 1 saturated heterocycles. The van der Waals surface area contributed by atoms with Crippen LogP contribution < -0.4 is 10.2 Å². The van der Waals surface area contributed by atoms with Gasteiger partial charge in [0.1, 0.15) is 5.82 Å². The van der Waals surface area contributed by atoms with Crippen LogP contribution in [-0.4, -0.2) is 31.2 Å². The summed E-state index contributed by atoms with van der Waals surface area (Å²) < 4.78 is 13.1. The smallest absolute Gasteiger partial charge is 0.143 e. The van der Waals surface area contributed by atoms with Gasteiger partial charge in [-0.25, -0.2) is 4.39 Å². The Labute approximate surface area is 108 Å². The number of hydrogen-bond acceptors (Lipinski definition) is 3. The van der Waals surface area contributed by atoms with Crippen LogP contribution in [0.5, 0.6) is 0 Å². The summed E-state index contributed by atoms with van der Waals surface area (Å²) >= 11 is 0. The number of pyridine rings is 1. The number of halogens is 1. The zero-order valence-corrected chi connectivity index (χ0v) is 11.2. The molecule has 1 fully saturated rings. The molecule has 0 spiro atoms. The number of aromatic nitrogens is 1. The average Bonchev–Trinajstić information content (AvgIpc) is 2.77. The number of nitrogens with one attached hydrogen (secondary N) is 1. The molecule has 1 aromatic rings. The fourth-order valence-corrected chi connectivity index (χ4v) is 2.38. The molecular formula is C14H22FN3. The van der Waals surface area contributed by atoms with Gasteiger partial charge in [-0.1, -0.05) is 13.8 Å². The third-order valence-corrected chi connectivity index (χ3v) is 3.33. The summed E-state index contributed by atoms with van der Waals surface area (Å²) in [6.45, 7) is 8.55. The van der Waals surface area contributed by atoms with Gasteiger partial charge >= 0.3 is 0 Å². The van der Waals surface area contributed by atoms with Crippen LogP contribution in [-0.2, 0) is 0 Å². The lowest BCUT2D eigenvalue weighted by atomic mass is 10.1. The molecular weight excluding hydrogens is 229 g/mol. The van der Waals surface area contributed by atoms with Crippen LogP contribution in [0.4, 0.5) is 10.1 Å². The van der Waals surface area contributed by atoms with Gasteiger partial charge in [-0.2, -0.15) is 0 Å². The maximum atomic E-state index is 13.1. The molecule has 1 aliphatic rings. The van der Waals surface area contributed by atoms with Gasteiger partial charge in [0, 0.05) is 19.2 Å². The van der Waals surface area contributed by atoms with Crippen LogP contribution in [0.25, 0.3) is 0 Å². The molecule has 1 aliphatic heterocycles. The quantitative estimate of drug-likeness (QED) is 0.870. The monoisotopic (exact) mass is 251 g/mol. The molecule has 100 valence electrons. The maximum Gasteiger partial charge on any atom is 0.143 e. The zero-order valence-electron chi connectivity index (χ0n) is 11.2. The lowest BCUT2D eigenvalue weighted by Crippen LogP contribution is -2.28. The highest BCUT2D eigenvalue weighted by Gasteiger charge is 2.22. The summed E-state index contributed by atoms with van der Waals surface area (Å²) in [5.41, 5.74) is 0.904. The van der Waals surface area contributed by atoms with Crippen LogP contribution in [0.1, 0.15) is 20.3 Å². The van der Waals surface area contributed by atoms with E-state index in [0.29, 0.717) is 11.8 Å². The summed E-state index contributed by atoms with van der Waals surface area (Å²) in [5.74, 6) is 1.09. The van der Waals surface area contributed by atoms with Crippen molar-refractivity contribution in [3.05, 3.63) is 24.3 Å². The number of rotatable bonds is 5. The van der Waals surface area contributed by atoms with Crippen LogP contribution >= 0.6 is 0 Å². The molecule has 1 unspecified atom stereocenters. The van der Waals surface area contributed by atoms with Gasteiger partial charge < -0.3 is 10.2 Å². The molecule has 0 aromatic carbocycles. The van der Waals surface area contributed by atoms with Crippen LogP contribution in [0.15, 0.2) is 18.5 Å². The summed E-state index contributed by atoms with van der Waals surface area (Å²) in [5, 5.41) is 3.49. The molecule has 4 heteroatoms. The van der Waals surface area contributed by atoms with E-state index < -0.39 is 0 Å². The molecule has 2 heterocycles. The Morgan fingerprint density at radius 1 is 1.50 bits per heavy atom. The molecule has 0 bridgehead atoms. The first-order chi connectivity index (χ1) is 8.65. The number of nitrogens with zero attached hydrogens (tertiary/aromatic N) is 2. The van der Waals surface area contributed by atoms with Gasteiger partial charge in [0.15, 0.2) is 0 Å². The molecule has 0 radical (unpaired) electrons. The van der Waals surface area contributed by atoms with Crippen LogP contribution in [0, 0.1) is 17.7 Å². The van der Waals surface area contributed by atoms with Crippen molar-refractivity contribution >= 4 is 5.69 Å². The van der Waals surface area contributed by atoms with Crippen molar-refractivity contribution in [3.63, 3.8) is 0 Å². The van der Waals surface area contributed by atoms with E-state index in [1.807, 2.05) is 0 Å². The van der Waals surface area contributed by atoms with E-state index in [1.54, 1.807) is 12.3 Å². The standard InChI is InChI=1S/C14H22FN3/c1-11(2)6-16-7-12-3-4-18(10-12)14-5-13(15)8-17-9-14/h5,8-9,11-12,16H,3-4,6-7,10H2,1-2H3. The molecule has 0 amide bonds. The van der Waals surface area contributed by atoms with Crippen LogP contribution in [0.2, 0.25) is 0 Å². The molecule has 1 aromatic heterocycles. The van der Waals surface area contributed by atoms with Gasteiger partial charge in [0.2, 0.25) is 0 Å². The Morgan fingerprint density at radius 2 is 2.33 bits per heavy atom. The highest BCUT2D eigenvalue weighted by Crippen LogP contribution is 2.23. The normalized spacial score (nSPS) is 19.8. The van der Waals surface area contributed by atoms with Gasteiger partial charge in [0.05, 0.1) is 18.1 Å². The average molecular weight is 251 g/mol. The summed E-state index contributed by atoms with van der Waals surface area (Å²) in [6.07, 6.45) is 4.16. The second-order valence-corrected chi connectivity index (χ2v) is 5.51. The molecule has 1 N–H and O–H groups in total. The summed E-state index contributed by atoms with van der Waals surface area (Å²) in [7, 11) is 0. The van der Waals surface area contributed by atoms with E-state index in [2.05, 4.69) is 29.0 Å². The van der Waals surface area contributed by atoms with E-state index in [0.717, 1.165) is 31.9 Å². The van der Waals surface area contributed by atoms with E-state index in [-0.39, 0.29) is 5.82 Å². The fourth-order valence-electron chi connectivity index (χ4n) is 2.38. The predicted molar refractivity (Wildman–Crippen MR) is 72.2 cm³/mol. The van der Waals surface area contributed by atoms with Crippen molar-refractivity contribution in [1.82, 2.24) is 10.3 Å². The van der Waals surface area contributed by atoms with Crippen molar-refractivity contribution in [2.24, 2.45) is 11.8 Å². The first-order valence-corrected chi connectivity index (χ1v) is 6.71. The third-order valence-electron chi connectivity index (χ3n) is 3.33. The first-order valence-electron chi connectivity index (χ1n) is 6.71. The molecule has 0 saturated carbocycles. The molecule has 18 heavy (non-hydrogen) atoms. The Balaban J connectivity index is 1.81. The van der Waals surface area contributed by atoms with E-state index in [4.69, 9.17) is 0 Å². The minimum atomic E-state index is -0.256. The van der Waals surface area contributed by atoms with Crippen molar-refractivity contribution < 1.29 is 4.39 Å². The molecule has 2 rings (SSSR count). The fraction of sp³-hybridized carbons (Fsp3) is 0.643.